The molecule has 0 heterocycles. The number of hydrogen-bond donors (Lipinski definition) is 5. The van der Waals surface area contributed by atoms with Gasteiger partial charge < -0.3 is 31.0 Å². The molecule has 0 unspecified atom stereocenters. The van der Waals surface area contributed by atoms with Gasteiger partial charge in [-0.25, -0.2) is 0 Å². The second-order valence-corrected chi connectivity index (χ2v) is 6.03. The van der Waals surface area contributed by atoms with Gasteiger partial charge >= 0.3 is 0 Å². The van der Waals surface area contributed by atoms with Crippen LogP contribution in [0.1, 0.15) is 25.0 Å². The lowest BCUT2D eigenvalue weighted by Gasteiger charge is -2.25. The van der Waals surface area contributed by atoms with E-state index in [0.717, 1.165) is 0 Å². The number of aryl methyl sites for hydroxylation is 1. The summed E-state index contributed by atoms with van der Waals surface area (Å²) in [5.41, 5.74) is 2.09. The lowest BCUT2D eigenvalue weighted by molar-refractivity contribution is -0.105. The lowest BCUT2D eigenvalue weighted by atomic mass is 10.0. The molecule has 0 aliphatic rings. The summed E-state index contributed by atoms with van der Waals surface area (Å²) in [6.45, 7) is 4.17. The molecule has 0 radical (unpaired) electrons. The third kappa shape index (κ3) is 4.42. The number of anilines is 2. The molecule has 9 heteroatoms. The number of hydrazone groups is 1. The van der Waals surface area contributed by atoms with Crippen LogP contribution in [0.5, 0.6) is 17.2 Å². The van der Waals surface area contributed by atoms with E-state index < -0.39 is 0 Å². The number of thiol groups is 1. The van der Waals surface area contributed by atoms with Crippen LogP contribution in [-0.4, -0.2) is 34.9 Å². The predicted octanol–water partition coefficient (Wildman–Crippen LogP) is 2.64. The summed E-state index contributed by atoms with van der Waals surface area (Å²) in [6.07, 6.45) is 1.12. The fourth-order valence-corrected chi connectivity index (χ4v) is 3.08. The van der Waals surface area contributed by atoms with E-state index in [1.54, 1.807) is 29.2 Å². The molecule has 0 fully saturated rings. The van der Waals surface area contributed by atoms with Crippen LogP contribution in [0.3, 0.4) is 0 Å². The molecule has 150 valence electrons. The Morgan fingerprint density at radius 3 is 2.61 bits per heavy atom. The van der Waals surface area contributed by atoms with Gasteiger partial charge in [-0.2, -0.15) is 17.7 Å². The van der Waals surface area contributed by atoms with E-state index in [0.29, 0.717) is 47.7 Å². The van der Waals surface area contributed by atoms with Crippen molar-refractivity contribution < 1.29 is 19.7 Å². The van der Waals surface area contributed by atoms with Crippen molar-refractivity contribution in [2.24, 2.45) is 10.9 Å². The Labute approximate surface area is 169 Å². The first-order valence-corrected chi connectivity index (χ1v) is 9.32. The van der Waals surface area contributed by atoms with Crippen LogP contribution in [-0.2, 0) is 11.2 Å². The minimum atomic E-state index is -0.164. The summed E-state index contributed by atoms with van der Waals surface area (Å²) >= 11 is 4.36. The van der Waals surface area contributed by atoms with E-state index in [9.17, 15) is 15.0 Å². The van der Waals surface area contributed by atoms with Crippen LogP contribution in [0.2, 0.25) is 0 Å². The molecule has 0 aliphatic heterocycles. The van der Waals surface area contributed by atoms with Gasteiger partial charge in [0.25, 0.3) is 0 Å². The number of ether oxygens (including phenoxy) is 1. The normalized spacial score (nSPS) is 11.2. The van der Waals surface area contributed by atoms with Gasteiger partial charge in [0.1, 0.15) is 17.2 Å². The van der Waals surface area contributed by atoms with Gasteiger partial charge in [0.2, 0.25) is 6.41 Å². The average molecular weight is 404 g/mol. The number of nitrogens with one attached hydrogen (secondary N) is 1. The standard InChI is InChI=1S/C19H24N4O4S/c1-3-12-7-14(17(26)9-16(12)25)19(22-20)23(11-28)13-5-6-18(27-4-2)15(8-13)21-10-24/h5-10,25-26,28H,3-4,11,20H2,1-2H3,(H,21,24)/b22-19-. The van der Waals surface area contributed by atoms with Crippen molar-refractivity contribution in [1.29, 1.82) is 0 Å². The Morgan fingerprint density at radius 2 is 2.04 bits per heavy atom. The number of carbonyl (C=O) groups excluding carboxylic acids is 1. The maximum atomic E-state index is 10.9. The Bertz CT molecular complexity index is 873. The average Bonchev–Trinajstić information content (AvgIpc) is 2.68. The van der Waals surface area contributed by atoms with Crippen LogP contribution >= 0.6 is 12.6 Å². The topological polar surface area (TPSA) is 120 Å². The van der Waals surface area contributed by atoms with Crippen LogP contribution in [0.25, 0.3) is 0 Å². The summed E-state index contributed by atoms with van der Waals surface area (Å²) < 4.78 is 5.51. The number of carbonyl (C=O) groups is 1. The third-order valence-corrected chi connectivity index (χ3v) is 4.41. The fraction of sp³-hybridized carbons (Fsp3) is 0.263. The molecule has 0 saturated carbocycles. The number of phenolic OH excluding ortho intramolecular Hbond substituents is 2. The Morgan fingerprint density at radius 1 is 1.29 bits per heavy atom. The summed E-state index contributed by atoms with van der Waals surface area (Å²) in [5.74, 6) is 6.42. The molecular weight excluding hydrogens is 380 g/mol. The zero-order valence-electron chi connectivity index (χ0n) is 15.7. The summed E-state index contributed by atoms with van der Waals surface area (Å²) in [4.78, 5) is 12.6. The molecule has 1 amide bonds. The molecule has 0 atom stereocenters. The van der Waals surface area contributed by atoms with E-state index in [4.69, 9.17) is 10.6 Å². The third-order valence-electron chi connectivity index (χ3n) is 4.13. The number of rotatable bonds is 8. The van der Waals surface area contributed by atoms with E-state index in [1.807, 2.05) is 13.8 Å². The van der Waals surface area contributed by atoms with Crippen molar-refractivity contribution in [2.45, 2.75) is 20.3 Å². The Hall–Kier alpha value is -3.07. The first-order chi connectivity index (χ1) is 13.5. The maximum Gasteiger partial charge on any atom is 0.211 e. The lowest BCUT2D eigenvalue weighted by Crippen LogP contribution is -2.32. The molecule has 0 aromatic heterocycles. The van der Waals surface area contributed by atoms with Gasteiger partial charge in [-0.05, 0) is 43.2 Å². The van der Waals surface area contributed by atoms with Gasteiger partial charge in [0, 0.05) is 11.8 Å². The van der Waals surface area contributed by atoms with E-state index in [2.05, 4.69) is 23.0 Å². The first kappa shape index (κ1) is 21.2. The SMILES string of the molecule is CCOc1ccc(N(CS)/C(=N\N)c2cc(CC)c(O)cc2O)cc1NC=O. The molecule has 28 heavy (non-hydrogen) atoms. The van der Waals surface area contributed by atoms with Crippen molar-refractivity contribution in [1.82, 2.24) is 0 Å². The van der Waals surface area contributed by atoms with Crippen molar-refractivity contribution in [3.05, 3.63) is 41.5 Å². The van der Waals surface area contributed by atoms with Crippen LogP contribution in [0.4, 0.5) is 11.4 Å². The molecule has 8 nitrogen and oxygen atoms in total. The van der Waals surface area contributed by atoms with Gasteiger partial charge in [-0.3, -0.25) is 4.79 Å². The highest BCUT2D eigenvalue weighted by Crippen LogP contribution is 2.33. The fourth-order valence-electron chi connectivity index (χ4n) is 2.78. The zero-order chi connectivity index (χ0) is 20.7. The van der Waals surface area contributed by atoms with Crippen LogP contribution in [0.15, 0.2) is 35.4 Å². The van der Waals surface area contributed by atoms with Crippen molar-refractivity contribution >= 4 is 36.2 Å². The summed E-state index contributed by atoms with van der Waals surface area (Å²) in [5, 5.41) is 26.7. The maximum absolute atomic E-state index is 10.9. The Kier molecular flexibility index (Phi) is 7.39. The number of nitrogens with two attached hydrogens (primary N) is 1. The first-order valence-electron chi connectivity index (χ1n) is 8.69. The number of amides is 1. The summed E-state index contributed by atoms with van der Waals surface area (Å²) in [7, 11) is 0. The molecule has 0 bridgehead atoms. The number of phenols is 2. The minimum absolute atomic E-state index is 0.00363. The minimum Gasteiger partial charge on any atom is -0.508 e. The molecular formula is C19H24N4O4S. The van der Waals surface area contributed by atoms with E-state index >= 15 is 0 Å². The molecule has 0 aliphatic carbocycles. The van der Waals surface area contributed by atoms with Crippen molar-refractivity contribution in [3.8, 4) is 17.2 Å². The second kappa shape index (κ2) is 9.75. The van der Waals surface area contributed by atoms with Crippen molar-refractivity contribution in [2.75, 3.05) is 22.7 Å². The summed E-state index contributed by atoms with van der Waals surface area (Å²) in [6, 6.07) is 8.06. The Balaban J connectivity index is 2.54. The molecule has 2 rings (SSSR count). The highest BCUT2D eigenvalue weighted by molar-refractivity contribution is 7.80. The highest BCUT2D eigenvalue weighted by Gasteiger charge is 2.21. The number of hydrogen-bond acceptors (Lipinski definition) is 7. The van der Waals surface area contributed by atoms with E-state index in [1.165, 1.54) is 6.07 Å². The number of benzene rings is 2. The molecule has 5 N–H and O–H groups in total. The van der Waals surface area contributed by atoms with Crippen LogP contribution in [0, 0.1) is 0 Å². The van der Waals surface area contributed by atoms with E-state index in [-0.39, 0.29) is 23.2 Å². The van der Waals surface area contributed by atoms with Gasteiger partial charge in [0.15, 0.2) is 5.84 Å². The predicted molar refractivity (Wildman–Crippen MR) is 114 cm³/mol. The van der Waals surface area contributed by atoms with Gasteiger partial charge in [-0.15, -0.1) is 0 Å². The molecule has 2 aromatic carbocycles. The van der Waals surface area contributed by atoms with Gasteiger partial charge in [0.05, 0.1) is 23.7 Å². The molecule has 2 aromatic rings. The van der Waals surface area contributed by atoms with Crippen molar-refractivity contribution in [3.63, 3.8) is 0 Å². The number of aromatic hydroxyl groups is 2. The second-order valence-electron chi connectivity index (χ2n) is 5.75. The number of amidine groups is 1. The zero-order valence-corrected chi connectivity index (χ0v) is 16.6. The molecule has 0 saturated heterocycles. The smallest absolute Gasteiger partial charge is 0.211 e. The monoisotopic (exact) mass is 404 g/mol. The van der Waals surface area contributed by atoms with Crippen LogP contribution < -0.4 is 20.8 Å². The quantitative estimate of drug-likeness (QED) is 0.0877. The number of nitrogens with zero attached hydrogens (tertiary/aromatic N) is 2. The largest absolute Gasteiger partial charge is 0.508 e. The van der Waals surface area contributed by atoms with Gasteiger partial charge in [-0.1, -0.05) is 6.92 Å². The molecule has 0 spiro atoms. The highest BCUT2D eigenvalue weighted by atomic mass is 32.1.